The highest BCUT2D eigenvalue weighted by molar-refractivity contribution is 6.73. The molecule has 1 aromatic carbocycles. The summed E-state index contributed by atoms with van der Waals surface area (Å²) < 4.78 is 72.3. The zero-order valence-corrected chi connectivity index (χ0v) is 18.3. The molecule has 0 heterocycles. The van der Waals surface area contributed by atoms with Crippen LogP contribution in [0.1, 0.15) is 70.8 Å². The number of rotatable bonds is 14. The Labute approximate surface area is 166 Å². The van der Waals surface area contributed by atoms with Gasteiger partial charge in [-0.2, -0.15) is 0 Å². The number of hydrogen-bond donors (Lipinski definition) is 0. The minimum absolute atomic E-state index is 0.135. The SMILES string of the molecule is CC[Si](CC)(CCCCCCCCCCc1c(F)c(F)c(F)c(F)c1F)OC. The topological polar surface area (TPSA) is 9.23 Å². The molecule has 0 saturated heterocycles. The van der Waals surface area contributed by atoms with Gasteiger partial charge in [-0.3, -0.25) is 0 Å². The molecule has 0 fully saturated rings. The summed E-state index contributed by atoms with van der Waals surface area (Å²) in [6, 6.07) is 3.52. The molecule has 0 N–H and O–H groups in total. The normalized spacial score (nSPS) is 12.0. The summed E-state index contributed by atoms with van der Waals surface area (Å²) in [5.41, 5.74) is -0.700. The van der Waals surface area contributed by atoms with Gasteiger partial charge in [-0.25, -0.2) is 22.0 Å². The van der Waals surface area contributed by atoms with E-state index in [0.717, 1.165) is 37.8 Å². The van der Waals surface area contributed by atoms with Crippen molar-refractivity contribution >= 4 is 8.32 Å². The molecule has 0 bridgehead atoms. The second kappa shape index (κ2) is 12.6. The molecular weight excluding hydrogens is 391 g/mol. The first-order valence-electron chi connectivity index (χ1n) is 10.4. The Balaban J connectivity index is 2.20. The van der Waals surface area contributed by atoms with Crippen molar-refractivity contribution < 1.29 is 26.4 Å². The van der Waals surface area contributed by atoms with Crippen molar-refractivity contribution in [2.45, 2.75) is 89.8 Å². The lowest BCUT2D eigenvalue weighted by Gasteiger charge is -2.27. The molecule has 162 valence electrons. The molecule has 7 heteroatoms. The standard InChI is InChI=1S/C21H33F5OSi/c1-4-28(5-2,27-3)15-13-11-9-7-6-8-10-12-14-16-17(22)19(24)21(26)20(25)18(16)23/h4-15H2,1-3H3. The number of halogens is 5. The van der Waals surface area contributed by atoms with E-state index in [4.69, 9.17) is 4.43 Å². The van der Waals surface area contributed by atoms with Crippen LogP contribution in [0.4, 0.5) is 22.0 Å². The smallest absolute Gasteiger partial charge is 0.200 e. The molecule has 0 aromatic heterocycles. The Hall–Kier alpha value is -0.953. The van der Waals surface area contributed by atoms with Gasteiger partial charge in [0.25, 0.3) is 0 Å². The van der Waals surface area contributed by atoms with E-state index in [1.807, 2.05) is 7.11 Å². The van der Waals surface area contributed by atoms with Crippen LogP contribution in [-0.4, -0.2) is 15.4 Å². The molecule has 1 aromatic rings. The molecule has 0 unspecified atom stereocenters. The quantitative estimate of drug-likeness (QED) is 0.0978. The Morgan fingerprint density at radius 1 is 0.607 bits per heavy atom. The van der Waals surface area contributed by atoms with Gasteiger partial charge < -0.3 is 4.43 Å². The maximum Gasteiger partial charge on any atom is 0.200 e. The molecule has 0 aliphatic rings. The van der Waals surface area contributed by atoms with Crippen LogP contribution in [0.3, 0.4) is 0 Å². The first-order chi connectivity index (χ1) is 13.3. The van der Waals surface area contributed by atoms with Crippen molar-refractivity contribution in [3.05, 3.63) is 34.6 Å². The second-order valence-corrected chi connectivity index (χ2v) is 12.2. The van der Waals surface area contributed by atoms with Crippen LogP contribution in [0.25, 0.3) is 0 Å². The lowest BCUT2D eigenvalue weighted by molar-refractivity contribution is 0.368. The highest BCUT2D eigenvalue weighted by atomic mass is 28.4. The fourth-order valence-corrected chi connectivity index (χ4v) is 6.56. The van der Waals surface area contributed by atoms with Gasteiger partial charge in [-0.1, -0.05) is 58.8 Å². The lowest BCUT2D eigenvalue weighted by Crippen LogP contribution is -2.34. The van der Waals surface area contributed by atoms with Gasteiger partial charge in [0.15, 0.2) is 31.6 Å². The van der Waals surface area contributed by atoms with Crippen LogP contribution < -0.4 is 0 Å². The third-order valence-corrected chi connectivity index (χ3v) is 10.5. The lowest BCUT2D eigenvalue weighted by atomic mass is 10.0. The van der Waals surface area contributed by atoms with Crippen LogP contribution in [0.15, 0.2) is 0 Å². The molecule has 1 rings (SSSR count). The Morgan fingerprint density at radius 2 is 1.00 bits per heavy atom. The van der Waals surface area contributed by atoms with Crippen molar-refractivity contribution in [1.29, 1.82) is 0 Å². The second-order valence-electron chi connectivity index (χ2n) is 7.47. The van der Waals surface area contributed by atoms with Crippen LogP contribution >= 0.6 is 0 Å². The van der Waals surface area contributed by atoms with Crippen molar-refractivity contribution in [3.63, 3.8) is 0 Å². The van der Waals surface area contributed by atoms with Crippen LogP contribution in [-0.2, 0) is 10.8 Å². The van der Waals surface area contributed by atoms with E-state index in [1.54, 1.807) is 0 Å². The summed E-state index contributed by atoms with van der Waals surface area (Å²) in [5, 5.41) is 0. The van der Waals surface area contributed by atoms with Gasteiger partial charge in [0.05, 0.1) is 0 Å². The van der Waals surface area contributed by atoms with Crippen LogP contribution in [0.2, 0.25) is 18.1 Å². The maximum atomic E-state index is 13.6. The van der Waals surface area contributed by atoms with Crippen LogP contribution in [0, 0.1) is 29.1 Å². The zero-order valence-electron chi connectivity index (χ0n) is 17.3. The van der Waals surface area contributed by atoms with E-state index in [-0.39, 0.29) is 6.42 Å². The van der Waals surface area contributed by atoms with Gasteiger partial charge in [-0.15, -0.1) is 0 Å². The Morgan fingerprint density at radius 3 is 1.43 bits per heavy atom. The van der Waals surface area contributed by atoms with E-state index in [2.05, 4.69) is 13.8 Å². The summed E-state index contributed by atoms with van der Waals surface area (Å²) in [5.74, 6) is -9.22. The van der Waals surface area contributed by atoms with E-state index in [9.17, 15) is 22.0 Å². The number of hydrogen-bond acceptors (Lipinski definition) is 1. The van der Waals surface area contributed by atoms with Gasteiger partial charge in [-0.05, 0) is 31.0 Å². The van der Waals surface area contributed by atoms with Gasteiger partial charge in [0.2, 0.25) is 5.82 Å². The zero-order chi connectivity index (χ0) is 21.2. The Kier molecular flexibility index (Phi) is 11.3. The first-order valence-corrected chi connectivity index (χ1v) is 12.9. The minimum Gasteiger partial charge on any atom is -0.420 e. The monoisotopic (exact) mass is 424 g/mol. The van der Waals surface area contributed by atoms with Gasteiger partial charge >= 0.3 is 0 Å². The summed E-state index contributed by atoms with van der Waals surface area (Å²) in [4.78, 5) is 0. The summed E-state index contributed by atoms with van der Waals surface area (Å²) in [7, 11) is 0.344. The molecular formula is C21H33F5OSi. The average molecular weight is 425 g/mol. The number of benzene rings is 1. The fraction of sp³-hybridized carbons (Fsp3) is 0.714. The average Bonchev–Trinajstić information content (AvgIpc) is 2.72. The van der Waals surface area contributed by atoms with Crippen molar-refractivity contribution in [1.82, 2.24) is 0 Å². The molecule has 28 heavy (non-hydrogen) atoms. The highest BCUT2D eigenvalue weighted by Crippen LogP contribution is 2.26. The molecule has 0 aliphatic carbocycles. The predicted molar refractivity (Wildman–Crippen MR) is 105 cm³/mol. The minimum atomic E-state index is -2.10. The summed E-state index contributed by atoms with van der Waals surface area (Å²) in [6.07, 6.45) is 7.54. The fourth-order valence-electron chi connectivity index (χ4n) is 3.67. The van der Waals surface area contributed by atoms with E-state index in [0.29, 0.717) is 12.8 Å². The number of unbranched alkanes of at least 4 members (excludes halogenated alkanes) is 7. The summed E-state index contributed by atoms with van der Waals surface area (Å²) in [6.45, 7) is 4.43. The molecule has 0 radical (unpaired) electrons. The predicted octanol–water partition coefficient (Wildman–Crippen LogP) is 7.68. The van der Waals surface area contributed by atoms with Crippen LogP contribution in [0.5, 0.6) is 0 Å². The summed E-state index contributed by atoms with van der Waals surface area (Å²) >= 11 is 0. The maximum absolute atomic E-state index is 13.6. The molecule has 1 nitrogen and oxygen atoms in total. The molecule has 0 amide bonds. The van der Waals surface area contributed by atoms with Crippen molar-refractivity contribution in [3.8, 4) is 0 Å². The third kappa shape index (κ3) is 6.83. The van der Waals surface area contributed by atoms with E-state index in [1.165, 1.54) is 18.9 Å². The first kappa shape index (κ1) is 25.1. The largest absolute Gasteiger partial charge is 0.420 e. The van der Waals surface area contributed by atoms with E-state index < -0.39 is 43.0 Å². The van der Waals surface area contributed by atoms with Gasteiger partial charge in [0.1, 0.15) is 0 Å². The molecule has 0 saturated carbocycles. The van der Waals surface area contributed by atoms with Gasteiger partial charge in [0, 0.05) is 12.7 Å². The molecule has 0 atom stereocenters. The third-order valence-electron chi connectivity index (χ3n) is 5.83. The molecule has 0 aliphatic heterocycles. The van der Waals surface area contributed by atoms with E-state index >= 15 is 0 Å². The Bertz CT molecular complexity index is 568. The molecule has 0 spiro atoms. The highest BCUT2D eigenvalue weighted by Gasteiger charge is 2.28. The van der Waals surface area contributed by atoms with Crippen molar-refractivity contribution in [2.75, 3.05) is 7.11 Å². The van der Waals surface area contributed by atoms with Crippen molar-refractivity contribution in [2.24, 2.45) is 0 Å².